The number of rotatable bonds is 3. The molecule has 1 atom stereocenters. The standard InChI is InChI=1S/C17H33N3O2/c1-17(2,3)22-16(21)20-10-6-5-7-15(20)13-18-14-8-11-19(4)12-9-14/h14-15,18H,5-13H2,1-4H3. The van der Waals surface area contributed by atoms with E-state index in [1.54, 1.807) is 0 Å². The predicted molar refractivity (Wildman–Crippen MR) is 89.1 cm³/mol. The van der Waals surface area contributed by atoms with Crippen LogP contribution in [0.5, 0.6) is 0 Å². The van der Waals surface area contributed by atoms with Gasteiger partial charge >= 0.3 is 6.09 Å². The van der Waals surface area contributed by atoms with Crippen molar-refractivity contribution < 1.29 is 9.53 Å². The van der Waals surface area contributed by atoms with Gasteiger partial charge in [-0.05, 0) is 73.0 Å². The summed E-state index contributed by atoms with van der Waals surface area (Å²) in [6, 6.07) is 0.877. The molecule has 0 aromatic carbocycles. The van der Waals surface area contributed by atoms with Crippen LogP contribution in [-0.4, -0.2) is 66.8 Å². The van der Waals surface area contributed by atoms with Gasteiger partial charge in [-0.15, -0.1) is 0 Å². The van der Waals surface area contributed by atoms with Gasteiger partial charge in [0.25, 0.3) is 0 Å². The Labute approximate surface area is 135 Å². The van der Waals surface area contributed by atoms with Crippen LogP contribution in [0.2, 0.25) is 0 Å². The van der Waals surface area contributed by atoms with Crippen LogP contribution in [0.25, 0.3) is 0 Å². The van der Waals surface area contributed by atoms with Gasteiger partial charge in [0.1, 0.15) is 5.60 Å². The third-order valence-corrected chi connectivity index (χ3v) is 4.62. The van der Waals surface area contributed by atoms with E-state index < -0.39 is 5.60 Å². The molecule has 1 N–H and O–H groups in total. The third kappa shape index (κ3) is 5.43. The summed E-state index contributed by atoms with van der Waals surface area (Å²) in [5, 5.41) is 3.68. The first kappa shape index (κ1) is 17.5. The fraction of sp³-hybridized carbons (Fsp3) is 0.941. The Hall–Kier alpha value is -0.810. The smallest absolute Gasteiger partial charge is 0.410 e. The number of carbonyl (C=O) groups excluding carboxylic acids is 1. The summed E-state index contributed by atoms with van der Waals surface area (Å²) in [5.41, 5.74) is -0.416. The normalized spacial score (nSPS) is 25.3. The fourth-order valence-corrected chi connectivity index (χ4v) is 3.29. The monoisotopic (exact) mass is 311 g/mol. The Kier molecular flexibility index (Phi) is 6.09. The number of hydrogen-bond donors (Lipinski definition) is 1. The molecule has 2 saturated heterocycles. The molecule has 0 spiro atoms. The van der Waals surface area contributed by atoms with E-state index in [0.717, 1.165) is 39.0 Å². The van der Waals surface area contributed by atoms with Crippen LogP contribution in [0, 0.1) is 0 Å². The number of ether oxygens (including phenoxy) is 1. The van der Waals surface area contributed by atoms with E-state index in [4.69, 9.17) is 4.74 Å². The second kappa shape index (κ2) is 7.64. The van der Waals surface area contributed by atoms with Crippen LogP contribution < -0.4 is 5.32 Å². The van der Waals surface area contributed by atoms with Crippen molar-refractivity contribution in [2.75, 3.05) is 33.2 Å². The molecular formula is C17H33N3O2. The summed E-state index contributed by atoms with van der Waals surface area (Å²) >= 11 is 0. The highest BCUT2D eigenvalue weighted by Crippen LogP contribution is 2.20. The third-order valence-electron chi connectivity index (χ3n) is 4.62. The second-order valence-corrected chi connectivity index (χ2v) is 7.81. The SMILES string of the molecule is CN1CCC(NCC2CCCCN2C(=O)OC(C)(C)C)CC1. The van der Waals surface area contributed by atoms with Crippen LogP contribution in [0.1, 0.15) is 52.9 Å². The zero-order chi connectivity index (χ0) is 16.2. The molecule has 0 aromatic rings. The number of likely N-dealkylation sites (tertiary alicyclic amines) is 2. The van der Waals surface area contributed by atoms with Gasteiger partial charge in [-0.3, -0.25) is 0 Å². The number of carbonyl (C=O) groups is 1. The van der Waals surface area contributed by atoms with Gasteiger partial charge in [0.2, 0.25) is 0 Å². The summed E-state index contributed by atoms with van der Waals surface area (Å²) in [5.74, 6) is 0. The largest absolute Gasteiger partial charge is 0.444 e. The molecule has 22 heavy (non-hydrogen) atoms. The van der Waals surface area contributed by atoms with Crippen LogP contribution >= 0.6 is 0 Å². The summed E-state index contributed by atoms with van der Waals surface area (Å²) in [6.45, 7) is 9.85. The van der Waals surface area contributed by atoms with Gasteiger partial charge in [-0.1, -0.05) is 0 Å². The molecule has 2 fully saturated rings. The van der Waals surface area contributed by atoms with E-state index in [9.17, 15) is 4.79 Å². The van der Waals surface area contributed by atoms with Crippen molar-refractivity contribution in [2.24, 2.45) is 0 Å². The minimum Gasteiger partial charge on any atom is -0.444 e. The molecule has 2 heterocycles. The van der Waals surface area contributed by atoms with Gasteiger partial charge < -0.3 is 19.9 Å². The van der Waals surface area contributed by atoms with Crippen LogP contribution in [0.15, 0.2) is 0 Å². The maximum atomic E-state index is 12.4. The Balaban J connectivity index is 1.83. The van der Waals surface area contributed by atoms with E-state index >= 15 is 0 Å². The summed E-state index contributed by atoms with van der Waals surface area (Å²) < 4.78 is 5.57. The molecule has 2 aliphatic rings. The van der Waals surface area contributed by atoms with Crippen LogP contribution in [-0.2, 0) is 4.74 Å². The molecule has 0 saturated carbocycles. The van der Waals surface area contributed by atoms with E-state index in [1.807, 2.05) is 25.7 Å². The zero-order valence-electron chi connectivity index (χ0n) is 14.7. The second-order valence-electron chi connectivity index (χ2n) is 7.81. The van der Waals surface area contributed by atoms with Crippen molar-refractivity contribution in [1.29, 1.82) is 0 Å². The average molecular weight is 311 g/mol. The first-order valence-electron chi connectivity index (χ1n) is 8.77. The molecule has 1 amide bonds. The van der Waals surface area contributed by atoms with Crippen LogP contribution in [0.4, 0.5) is 4.79 Å². The number of piperidine rings is 2. The molecule has 2 rings (SSSR count). The summed E-state index contributed by atoms with van der Waals surface area (Å²) in [4.78, 5) is 16.7. The number of hydrogen-bond acceptors (Lipinski definition) is 4. The van der Waals surface area contributed by atoms with Crippen molar-refractivity contribution in [3.8, 4) is 0 Å². The molecule has 1 unspecified atom stereocenters. The number of nitrogens with zero attached hydrogens (tertiary/aromatic N) is 2. The molecule has 0 aliphatic carbocycles. The number of amides is 1. The molecule has 0 bridgehead atoms. The predicted octanol–water partition coefficient (Wildman–Crippen LogP) is 2.46. The Morgan fingerprint density at radius 2 is 1.82 bits per heavy atom. The minimum atomic E-state index is -0.416. The lowest BCUT2D eigenvalue weighted by Gasteiger charge is -2.38. The summed E-state index contributed by atoms with van der Waals surface area (Å²) in [6.07, 6.45) is 5.63. The molecular weight excluding hydrogens is 278 g/mol. The van der Waals surface area contributed by atoms with Gasteiger partial charge in [0, 0.05) is 25.2 Å². The van der Waals surface area contributed by atoms with Crippen LogP contribution in [0.3, 0.4) is 0 Å². The molecule has 0 radical (unpaired) electrons. The quantitative estimate of drug-likeness (QED) is 0.869. The average Bonchev–Trinajstić information content (AvgIpc) is 2.45. The van der Waals surface area contributed by atoms with Gasteiger partial charge in [-0.2, -0.15) is 0 Å². The van der Waals surface area contributed by atoms with Crippen molar-refractivity contribution in [2.45, 2.75) is 70.6 Å². The van der Waals surface area contributed by atoms with Crippen molar-refractivity contribution in [3.05, 3.63) is 0 Å². The maximum Gasteiger partial charge on any atom is 0.410 e. The Bertz CT molecular complexity index is 359. The van der Waals surface area contributed by atoms with Gasteiger partial charge in [0.15, 0.2) is 0 Å². The lowest BCUT2D eigenvalue weighted by Crippen LogP contribution is -2.52. The highest BCUT2D eigenvalue weighted by Gasteiger charge is 2.30. The maximum absolute atomic E-state index is 12.4. The highest BCUT2D eigenvalue weighted by atomic mass is 16.6. The molecule has 2 aliphatic heterocycles. The Morgan fingerprint density at radius 1 is 1.14 bits per heavy atom. The molecule has 0 aromatic heterocycles. The van der Waals surface area contributed by atoms with Gasteiger partial charge in [-0.25, -0.2) is 4.79 Å². The first-order valence-corrected chi connectivity index (χ1v) is 8.77. The number of nitrogens with one attached hydrogen (secondary N) is 1. The summed E-state index contributed by atoms with van der Waals surface area (Å²) in [7, 11) is 2.18. The topological polar surface area (TPSA) is 44.8 Å². The van der Waals surface area contributed by atoms with E-state index in [-0.39, 0.29) is 12.1 Å². The van der Waals surface area contributed by atoms with E-state index in [0.29, 0.717) is 6.04 Å². The Morgan fingerprint density at radius 3 is 2.45 bits per heavy atom. The highest BCUT2D eigenvalue weighted by molar-refractivity contribution is 5.68. The van der Waals surface area contributed by atoms with Crippen molar-refractivity contribution >= 4 is 6.09 Å². The minimum absolute atomic E-state index is 0.151. The fourth-order valence-electron chi connectivity index (χ4n) is 3.29. The lowest BCUT2D eigenvalue weighted by molar-refractivity contribution is 0.00942. The van der Waals surface area contributed by atoms with Gasteiger partial charge in [0.05, 0.1) is 0 Å². The molecule has 5 nitrogen and oxygen atoms in total. The zero-order valence-corrected chi connectivity index (χ0v) is 14.7. The molecule has 128 valence electrons. The lowest BCUT2D eigenvalue weighted by atomic mass is 10.0. The molecule has 5 heteroatoms. The van der Waals surface area contributed by atoms with Crippen molar-refractivity contribution in [1.82, 2.24) is 15.1 Å². The van der Waals surface area contributed by atoms with Crippen molar-refractivity contribution in [3.63, 3.8) is 0 Å². The first-order chi connectivity index (χ1) is 10.3. The van der Waals surface area contributed by atoms with E-state index in [1.165, 1.54) is 19.3 Å². The van der Waals surface area contributed by atoms with E-state index in [2.05, 4.69) is 17.3 Å².